The van der Waals surface area contributed by atoms with Crippen molar-refractivity contribution in [2.24, 2.45) is 5.92 Å². The second-order valence-corrected chi connectivity index (χ2v) is 5.45. The molecule has 0 aliphatic heterocycles. The van der Waals surface area contributed by atoms with Gasteiger partial charge in [-0.15, -0.1) is 0 Å². The first-order valence-corrected chi connectivity index (χ1v) is 7.24. The zero-order chi connectivity index (χ0) is 13.7. The normalized spacial score (nSPS) is 18.3. The fourth-order valence-electron chi connectivity index (χ4n) is 3.28. The molecule has 1 unspecified atom stereocenters. The van der Waals surface area contributed by atoms with Crippen LogP contribution in [0, 0.1) is 11.7 Å². The summed E-state index contributed by atoms with van der Waals surface area (Å²) in [6.45, 7) is 0.879. The molecule has 0 amide bonds. The Morgan fingerprint density at radius 2 is 2.05 bits per heavy atom. The minimum Gasteiger partial charge on any atom is -0.496 e. The number of hydrogen-bond acceptors (Lipinski definition) is 2. The summed E-state index contributed by atoms with van der Waals surface area (Å²) < 4.78 is 19.0. The maximum atomic E-state index is 13.6. The van der Waals surface area contributed by atoms with Crippen LogP contribution in [-0.2, 0) is 0 Å². The monoisotopic (exact) mass is 265 g/mol. The molecule has 1 fully saturated rings. The first-order valence-electron chi connectivity index (χ1n) is 7.24. The van der Waals surface area contributed by atoms with Crippen molar-refractivity contribution in [3.63, 3.8) is 0 Å². The van der Waals surface area contributed by atoms with E-state index < -0.39 is 0 Å². The van der Waals surface area contributed by atoms with Gasteiger partial charge < -0.3 is 10.1 Å². The Morgan fingerprint density at radius 3 is 2.68 bits per heavy atom. The maximum absolute atomic E-state index is 13.6. The van der Waals surface area contributed by atoms with Crippen LogP contribution in [0.15, 0.2) is 18.2 Å². The van der Waals surface area contributed by atoms with Gasteiger partial charge in [0, 0.05) is 18.0 Å². The first-order chi connectivity index (χ1) is 9.26. The summed E-state index contributed by atoms with van der Waals surface area (Å²) in [7, 11) is 3.62. The Kier molecular flexibility index (Phi) is 5.20. The van der Waals surface area contributed by atoms with Gasteiger partial charge in [0.25, 0.3) is 0 Å². The van der Waals surface area contributed by atoms with Crippen molar-refractivity contribution in [1.82, 2.24) is 5.32 Å². The summed E-state index contributed by atoms with van der Waals surface area (Å²) in [5, 5.41) is 3.26. The van der Waals surface area contributed by atoms with E-state index in [1.54, 1.807) is 19.2 Å². The molecule has 1 aliphatic carbocycles. The highest BCUT2D eigenvalue weighted by Gasteiger charge is 2.27. The number of halogens is 1. The van der Waals surface area contributed by atoms with Crippen LogP contribution in [0.4, 0.5) is 4.39 Å². The van der Waals surface area contributed by atoms with E-state index in [1.165, 1.54) is 38.2 Å². The van der Waals surface area contributed by atoms with E-state index in [0.717, 1.165) is 17.9 Å². The molecular weight excluding hydrogens is 241 g/mol. The Hall–Kier alpha value is -1.09. The van der Waals surface area contributed by atoms with Crippen LogP contribution in [0.2, 0.25) is 0 Å². The molecule has 1 aliphatic rings. The zero-order valence-corrected chi connectivity index (χ0v) is 11.9. The molecule has 0 radical (unpaired) electrons. The number of rotatable bonds is 5. The first kappa shape index (κ1) is 14.3. The van der Waals surface area contributed by atoms with Gasteiger partial charge in [-0.3, -0.25) is 0 Å². The van der Waals surface area contributed by atoms with Crippen molar-refractivity contribution in [3.05, 3.63) is 29.6 Å². The summed E-state index contributed by atoms with van der Waals surface area (Å²) in [4.78, 5) is 0. The third-order valence-electron chi connectivity index (χ3n) is 4.23. The number of methoxy groups -OCH3 is 1. The molecule has 1 N–H and O–H groups in total. The van der Waals surface area contributed by atoms with Crippen LogP contribution in [0.3, 0.4) is 0 Å². The number of nitrogens with one attached hydrogen (secondary N) is 1. The van der Waals surface area contributed by atoms with E-state index >= 15 is 0 Å². The molecule has 2 nitrogen and oxygen atoms in total. The number of likely N-dealkylation sites (N-methyl/N-ethyl adjacent to an activating group) is 1. The molecule has 106 valence electrons. The predicted octanol–water partition coefficient (Wildman–Crippen LogP) is 3.72. The van der Waals surface area contributed by atoms with Crippen molar-refractivity contribution in [1.29, 1.82) is 0 Å². The lowest BCUT2D eigenvalue weighted by molar-refractivity contribution is 0.293. The number of benzene rings is 1. The zero-order valence-electron chi connectivity index (χ0n) is 11.9. The van der Waals surface area contributed by atoms with Crippen molar-refractivity contribution in [2.45, 2.75) is 38.0 Å². The molecule has 0 saturated heterocycles. The van der Waals surface area contributed by atoms with Gasteiger partial charge in [0.2, 0.25) is 0 Å². The van der Waals surface area contributed by atoms with Crippen LogP contribution >= 0.6 is 0 Å². The van der Waals surface area contributed by atoms with Gasteiger partial charge >= 0.3 is 0 Å². The Bertz CT molecular complexity index is 402. The molecule has 3 heteroatoms. The van der Waals surface area contributed by atoms with Gasteiger partial charge in [0.1, 0.15) is 11.6 Å². The molecule has 0 bridgehead atoms. The van der Waals surface area contributed by atoms with Crippen molar-refractivity contribution in [2.75, 3.05) is 20.7 Å². The average molecular weight is 265 g/mol. The van der Waals surface area contributed by atoms with Gasteiger partial charge in [0.15, 0.2) is 0 Å². The maximum Gasteiger partial charge on any atom is 0.123 e. The standard InChI is InChI=1S/C16H24FNO/c1-18-11-15(12-6-4-3-5-7-12)14-10-13(17)8-9-16(14)19-2/h8-10,12,15,18H,3-7,11H2,1-2H3. The largest absolute Gasteiger partial charge is 0.496 e. The van der Waals surface area contributed by atoms with E-state index in [2.05, 4.69) is 5.32 Å². The number of ether oxygens (including phenoxy) is 1. The van der Waals surface area contributed by atoms with Crippen molar-refractivity contribution >= 4 is 0 Å². The lowest BCUT2D eigenvalue weighted by Gasteiger charge is -2.31. The molecule has 19 heavy (non-hydrogen) atoms. The van der Waals surface area contributed by atoms with E-state index in [-0.39, 0.29) is 5.82 Å². The van der Waals surface area contributed by atoms with Gasteiger partial charge in [-0.2, -0.15) is 0 Å². The highest BCUT2D eigenvalue weighted by Crippen LogP contribution is 2.39. The average Bonchev–Trinajstić information content (AvgIpc) is 2.45. The fraction of sp³-hybridized carbons (Fsp3) is 0.625. The molecule has 1 aromatic carbocycles. The highest BCUT2D eigenvalue weighted by molar-refractivity contribution is 5.37. The van der Waals surface area contributed by atoms with Gasteiger partial charge in [0.05, 0.1) is 7.11 Å². The smallest absolute Gasteiger partial charge is 0.123 e. The lowest BCUT2D eigenvalue weighted by atomic mass is 9.76. The third kappa shape index (κ3) is 3.47. The topological polar surface area (TPSA) is 21.3 Å². The lowest BCUT2D eigenvalue weighted by Crippen LogP contribution is -2.26. The fourth-order valence-corrected chi connectivity index (χ4v) is 3.28. The van der Waals surface area contributed by atoms with E-state index in [1.807, 2.05) is 7.05 Å². The van der Waals surface area contributed by atoms with Crippen LogP contribution in [0.25, 0.3) is 0 Å². The Labute approximate surface area is 115 Å². The quantitative estimate of drug-likeness (QED) is 0.876. The van der Waals surface area contributed by atoms with Gasteiger partial charge in [-0.25, -0.2) is 4.39 Å². The van der Waals surface area contributed by atoms with Crippen molar-refractivity contribution in [3.8, 4) is 5.75 Å². The second kappa shape index (κ2) is 6.90. The van der Waals surface area contributed by atoms with Crippen LogP contribution in [0.5, 0.6) is 5.75 Å². The molecule has 1 aromatic rings. The molecule has 0 heterocycles. The summed E-state index contributed by atoms with van der Waals surface area (Å²) >= 11 is 0. The Balaban J connectivity index is 2.28. The summed E-state index contributed by atoms with van der Waals surface area (Å²) in [6.07, 6.45) is 6.41. The highest BCUT2D eigenvalue weighted by atomic mass is 19.1. The van der Waals surface area contributed by atoms with E-state index in [0.29, 0.717) is 11.8 Å². The third-order valence-corrected chi connectivity index (χ3v) is 4.23. The van der Waals surface area contributed by atoms with E-state index in [4.69, 9.17) is 4.74 Å². The Morgan fingerprint density at radius 1 is 1.32 bits per heavy atom. The van der Waals surface area contributed by atoms with Crippen molar-refractivity contribution < 1.29 is 9.13 Å². The second-order valence-electron chi connectivity index (χ2n) is 5.45. The minimum atomic E-state index is -0.173. The molecule has 2 rings (SSSR count). The van der Waals surface area contributed by atoms with Gasteiger partial charge in [-0.05, 0) is 44.0 Å². The number of hydrogen-bond donors (Lipinski definition) is 1. The molecule has 0 spiro atoms. The minimum absolute atomic E-state index is 0.173. The summed E-state index contributed by atoms with van der Waals surface area (Å²) in [5.41, 5.74) is 1.02. The van der Waals surface area contributed by atoms with E-state index in [9.17, 15) is 4.39 Å². The molecule has 1 atom stereocenters. The summed E-state index contributed by atoms with van der Waals surface area (Å²) in [5.74, 6) is 1.62. The van der Waals surface area contributed by atoms with Gasteiger partial charge in [-0.1, -0.05) is 19.3 Å². The molecule has 1 saturated carbocycles. The molecular formula is C16H24FNO. The predicted molar refractivity (Wildman–Crippen MR) is 76.2 cm³/mol. The van der Waals surface area contributed by atoms with Crippen LogP contribution < -0.4 is 10.1 Å². The summed E-state index contributed by atoms with van der Waals surface area (Å²) in [6, 6.07) is 4.87. The SMILES string of the molecule is CNCC(c1cc(F)ccc1OC)C1CCCCC1. The molecule has 0 aromatic heterocycles. The van der Waals surface area contributed by atoms with Crippen LogP contribution in [-0.4, -0.2) is 20.7 Å². The van der Waals surface area contributed by atoms with Crippen LogP contribution in [0.1, 0.15) is 43.6 Å².